The fraction of sp³-hybridized carbons (Fsp3) is 0.435. The van der Waals surface area contributed by atoms with Crippen LogP contribution in [0.3, 0.4) is 0 Å². The Bertz CT molecular complexity index is 1010. The molecule has 3 heterocycles. The van der Waals surface area contributed by atoms with E-state index in [9.17, 15) is 22.8 Å². The molecule has 2 amide bonds. The Kier molecular flexibility index (Phi) is 6.55. The number of pyridine rings is 1. The van der Waals surface area contributed by atoms with Gasteiger partial charge in [0.2, 0.25) is 11.8 Å². The number of fused-ring (bicyclic) bond motifs is 1. The van der Waals surface area contributed by atoms with Crippen molar-refractivity contribution in [2.24, 2.45) is 0 Å². The number of benzene rings is 1. The van der Waals surface area contributed by atoms with E-state index in [2.05, 4.69) is 10.3 Å². The van der Waals surface area contributed by atoms with Gasteiger partial charge in [-0.25, -0.2) is 4.98 Å². The number of carbonyl (C=O) groups is 2. The molecule has 4 rings (SSSR count). The molecule has 176 valence electrons. The maximum atomic E-state index is 13.3. The summed E-state index contributed by atoms with van der Waals surface area (Å²) >= 11 is 0. The van der Waals surface area contributed by atoms with Crippen molar-refractivity contribution in [3.8, 4) is 0 Å². The molecule has 2 aliphatic heterocycles. The summed E-state index contributed by atoms with van der Waals surface area (Å²) < 4.78 is 38.4. The van der Waals surface area contributed by atoms with Crippen molar-refractivity contribution < 1.29 is 22.8 Å². The lowest BCUT2D eigenvalue weighted by molar-refractivity contribution is -0.137. The summed E-state index contributed by atoms with van der Waals surface area (Å²) in [7, 11) is 0. The van der Waals surface area contributed by atoms with E-state index in [0.717, 1.165) is 18.7 Å². The lowest BCUT2D eigenvalue weighted by Gasteiger charge is -2.30. The van der Waals surface area contributed by atoms with Crippen LogP contribution >= 0.6 is 0 Å². The van der Waals surface area contributed by atoms with Crippen LogP contribution in [0.15, 0.2) is 42.6 Å². The van der Waals surface area contributed by atoms with E-state index in [1.54, 1.807) is 11.0 Å². The Morgan fingerprint density at radius 3 is 2.64 bits per heavy atom. The molecule has 0 radical (unpaired) electrons. The van der Waals surface area contributed by atoms with E-state index in [-0.39, 0.29) is 30.8 Å². The van der Waals surface area contributed by atoms with E-state index >= 15 is 0 Å². The van der Waals surface area contributed by atoms with Crippen molar-refractivity contribution in [2.45, 2.75) is 32.0 Å². The predicted octanol–water partition coefficient (Wildman–Crippen LogP) is 3.38. The summed E-state index contributed by atoms with van der Waals surface area (Å²) in [5.41, 5.74) is 0.537. The quantitative estimate of drug-likeness (QED) is 0.759. The molecular weight excluding hydrogens is 435 g/mol. The zero-order valence-corrected chi connectivity index (χ0v) is 18.3. The van der Waals surface area contributed by atoms with Crippen LogP contribution in [0.25, 0.3) is 0 Å². The van der Waals surface area contributed by atoms with Crippen molar-refractivity contribution >= 4 is 29.0 Å². The van der Waals surface area contributed by atoms with Crippen molar-refractivity contribution in [2.75, 3.05) is 47.8 Å². The molecule has 1 atom stereocenters. The summed E-state index contributed by atoms with van der Waals surface area (Å²) in [6, 6.07) is 9.43. The van der Waals surface area contributed by atoms with Crippen LogP contribution in [0, 0.1) is 0 Å². The zero-order chi connectivity index (χ0) is 23.6. The Hall–Kier alpha value is -3.14. The third-order valence-corrected chi connectivity index (χ3v) is 5.97. The topological polar surface area (TPSA) is 68.8 Å². The number of rotatable bonds is 3. The molecule has 33 heavy (non-hydrogen) atoms. The van der Waals surface area contributed by atoms with E-state index in [1.165, 1.54) is 6.07 Å². The third-order valence-electron chi connectivity index (χ3n) is 5.97. The summed E-state index contributed by atoms with van der Waals surface area (Å²) in [6.07, 6.45) is -2.59. The molecule has 1 aromatic carbocycles. The van der Waals surface area contributed by atoms with Crippen molar-refractivity contribution in [3.63, 3.8) is 0 Å². The van der Waals surface area contributed by atoms with Crippen LogP contribution in [0.1, 0.15) is 25.3 Å². The van der Waals surface area contributed by atoms with Gasteiger partial charge >= 0.3 is 6.18 Å². The van der Waals surface area contributed by atoms with Crippen LogP contribution in [-0.4, -0.2) is 60.5 Å². The fourth-order valence-electron chi connectivity index (χ4n) is 4.33. The zero-order valence-electron chi connectivity index (χ0n) is 18.3. The van der Waals surface area contributed by atoms with Gasteiger partial charge < -0.3 is 15.1 Å². The van der Waals surface area contributed by atoms with Crippen molar-refractivity contribution in [1.29, 1.82) is 0 Å². The van der Waals surface area contributed by atoms with Gasteiger partial charge in [0, 0.05) is 44.8 Å². The first-order chi connectivity index (χ1) is 15.7. The van der Waals surface area contributed by atoms with Crippen LogP contribution < -0.4 is 15.1 Å². The highest BCUT2D eigenvalue weighted by molar-refractivity contribution is 6.04. The minimum atomic E-state index is -4.41. The highest BCUT2D eigenvalue weighted by Crippen LogP contribution is 2.32. The van der Waals surface area contributed by atoms with Crippen LogP contribution in [0.5, 0.6) is 0 Å². The third kappa shape index (κ3) is 5.27. The Morgan fingerprint density at radius 2 is 1.91 bits per heavy atom. The van der Waals surface area contributed by atoms with Crippen LogP contribution in [0.2, 0.25) is 0 Å². The highest BCUT2D eigenvalue weighted by Gasteiger charge is 2.32. The predicted molar refractivity (Wildman–Crippen MR) is 119 cm³/mol. The number of para-hydroxylation sites is 2. The van der Waals surface area contributed by atoms with Gasteiger partial charge in [0.05, 0.1) is 23.5 Å². The van der Waals surface area contributed by atoms with E-state index < -0.39 is 11.7 Å². The number of alkyl halides is 3. The second kappa shape index (κ2) is 9.38. The molecule has 7 nitrogen and oxygen atoms in total. The fourth-order valence-corrected chi connectivity index (χ4v) is 4.33. The minimum Gasteiger partial charge on any atom is -0.355 e. The smallest absolute Gasteiger partial charge is 0.355 e. The molecule has 1 N–H and O–H groups in total. The van der Waals surface area contributed by atoms with Gasteiger partial charge in [0.1, 0.15) is 5.82 Å². The molecule has 0 saturated carbocycles. The lowest BCUT2D eigenvalue weighted by atomic mass is 10.1. The van der Waals surface area contributed by atoms with Crippen LogP contribution in [0.4, 0.5) is 30.4 Å². The Balaban J connectivity index is 1.42. The minimum absolute atomic E-state index is 0.0902. The summed E-state index contributed by atoms with van der Waals surface area (Å²) in [4.78, 5) is 35.1. The first kappa shape index (κ1) is 23.0. The van der Waals surface area contributed by atoms with Gasteiger partial charge in [-0.1, -0.05) is 12.1 Å². The first-order valence-corrected chi connectivity index (χ1v) is 10.9. The van der Waals surface area contributed by atoms with Gasteiger partial charge in [-0.05, 0) is 37.6 Å². The van der Waals surface area contributed by atoms with Gasteiger partial charge in [0.15, 0.2) is 0 Å². The largest absolute Gasteiger partial charge is 0.417 e. The number of anilines is 3. The SMILES string of the molecule is CC1CC(=O)Nc2ccccc2N1C(=O)CN1CCCN(c2ccc(C(F)(F)F)cn2)CC1. The Labute approximate surface area is 190 Å². The lowest BCUT2D eigenvalue weighted by Crippen LogP contribution is -2.45. The number of aromatic nitrogens is 1. The molecule has 1 aromatic heterocycles. The molecule has 1 unspecified atom stereocenters. The number of nitrogens with zero attached hydrogens (tertiary/aromatic N) is 4. The number of hydrogen-bond donors (Lipinski definition) is 1. The summed E-state index contributed by atoms with van der Waals surface area (Å²) in [5, 5.41) is 2.86. The molecule has 10 heteroatoms. The standard InChI is InChI=1S/C23H26F3N5O2/c1-16-13-21(32)28-18-5-2-3-6-19(18)31(16)22(33)15-29-9-4-10-30(12-11-29)20-8-7-17(14-27-20)23(24,25)26/h2-3,5-8,14,16H,4,9-13,15H2,1H3,(H,28,32). The summed E-state index contributed by atoms with van der Waals surface area (Å²) in [5.74, 6) is 0.281. The molecule has 0 spiro atoms. The molecule has 2 aliphatic rings. The molecule has 2 aromatic rings. The number of hydrogen-bond acceptors (Lipinski definition) is 5. The normalized spacial score (nSPS) is 20.0. The van der Waals surface area contributed by atoms with E-state index in [0.29, 0.717) is 43.4 Å². The van der Waals surface area contributed by atoms with Crippen LogP contribution in [-0.2, 0) is 15.8 Å². The number of carbonyl (C=O) groups excluding carboxylic acids is 2. The number of amides is 2. The second-order valence-electron chi connectivity index (χ2n) is 8.40. The second-order valence-corrected chi connectivity index (χ2v) is 8.40. The van der Waals surface area contributed by atoms with Crippen molar-refractivity contribution in [3.05, 3.63) is 48.2 Å². The molecule has 1 saturated heterocycles. The van der Waals surface area contributed by atoms with Gasteiger partial charge in [-0.15, -0.1) is 0 Å². The highest BCUT2D eigenvalue weighted by atomic mass is 19.4. The molecule has 0 bridgehead atoms. The van der Waals surface area contributed by atoms with Gasteiger partial charge in [-0.3, -0.25) is 14.5 Å². The van der Waals surface area contributed by atoms with E-state index in [4.69, 9.17) is 0 Å². The molecule has 1 fully saturated rings. The maximum Gasteiger partial charge on any atom is 0.417 e. The average Bonchev–Trinajstić information content (AvgIpc) is 3.06. The Morgan fingerprint density at radius 1 is 1.12 bits per heavy atom. The number of nitrogens with one attached hydrogen (secondary N) is 1. The van der Waals surface area contributed by atoms with Gasteiger partial charge in [-0.2, -0.15) is 13.2 Å². The van der Waals surface area contributed by atoms with E-state index in [1.807, 2.05) is 34.9 Å². The molecular formula is C23H26F3N5O2. The first-order valence-electron chi connectivity index (χ1n) is 10.9. The van der Waals surface area contributed by atoms with Gasteiger partial charge in [0.25, 0.3) is 0 Å². The molecule has 0 aliphatic carbocycles. The monoisotopic (exact) mass is 461 g/mol. The average molecular weight is 461 g/mol. The maximum absolute atomic E-state index is 13.3. The number of halogens is 3. The summed E-state index contributed by atoms with van der Waals surface area (Å²) in [6.45, 7) is 4.52. The van der Waals surface area contributed by atoms with Crippen molar-refractivity contribution in [1.82, 2.24) is 9.88 Å².